The number of hydrogen-bond acceptors (Lipinski definition) is 2. The summed E-state index contributed by atoms with van der Waals surface area (Å²) in [5.41, 5.74) is 6.59. The average Bonchev–Trinajstić information content (AvgIpc) is 2.70. The van der Waals surface area contributed by atoms with Gasteiger partial charge in [-0.1, -0.05) is 24.3 Å². The van der Waals surface area contributed by atoms with E-state index >= 15 is 0 Å². The summed E-state index contributed by atoms with van der Waals surface area (Å²) in [6.45, 7) is 2.82. The molecule has 0 unspecified atom stereocenters. The number of hydrogen-bond donors (Lipinski definition) is 2. The first kappa shape index (κ1) is 11.1. The first-order valence-electron chi connectivity index (χ1n) is 5.50. The third-order valence-corrected chi connectivity index (χ3v) is 2.82. The predicted octanol–water partition coefficient (Wildman–Crippen LogP) is 1.82. The van der Waals surface area contributed by atoms with E-state index in [2.05, 4.69) is 34.0 Å². The first-order valence-corrected chi connectivity index (χ1v) is 5.90. The van der Waals surface area contributed by atoms with E-state index in [0.717, 1.165) is 25.1 Å². The predicted molar refractivity (Wildman–Crippen MR) is 70.7 cm³/mol. The van der Waals surface area contributed by atoms with E-state index < -0.39 is 0 Å². The summed E-state index contributed by atoms with van der Waals surface area (Å²) in [6, 6.07) is 8.38. The SMILES string of the molecule is CCNC(=S)NN=C1CCc2ccccc21. The van der Waals surface area contributed by atoms with Crippen LogP contribution in [0, 0.1) is 0 Å². The number of aryl methyl sites for hydroxylation is 1. The molecule has 2 rings (SSSR count). The van der Waals surface area contributed by atoms with E-state index in [4.69, 9.17) is 12.2 Å². The zero-order valence-electron chi connectivity index (χ0n) is 9.29. The molecular formula is C12H15N3S. The Bertz CT molecular complexity index is 426. The van der Waals surface area contributed by atoms with E-state index in [1.54, 1.807) is 0 Å². The quantitative estimate of drug-likeness (QED) is 0.604. The van der Waals surface area contributed by atoms with Crippen molar-refractivity contribution in [2.45, 2.75) is 19.8 Å². The highest BCUT2D eigenvalue weighted by Gasteiger charge is 2.16. The molecule has 1 aliphatic carbocycles. The standard InChI is InChI=1S/C12H15N3S/c1-2-13-12(16)15-14-11-8-7-9-5-3-4-6-10(9)11/h3-6H,2,7-8H2,1H3,(H2,13,15,16). The van der Waals surface area contributed by atoms with E-state index in [9.17, 15) is 0 Å². The van der Waals surface area contributed by atoms with Gasteiger partial charge in [-0.2, -0.15) is 5.10 Å². The van der Waals surface area contributed by atoms with Crippen molar-refractivity contribution in [3.8, 4) is 0 Å². The minimum absolute atomic E-state index is 0.583. The fourth-order valence-electron chi connectivity index (χ4n) is 1.84. The molecule has 0 atom stereocenters. The molecule has 4 heteroatoms. The minimum atomic E-state index is 0.583. The monoisotopic (exact) mass is 233 g/mol. The zero-order chi connectivity index (χ0) is 11.4. The largest absolute Gasteiger partial charge is 0.362 e. The van der Waals surface area contributed by atoms with Gasteiger partial charge < -0.3 is 5.32 Å². The summed E-state index contributed by atoms with van der Waals surface area (Å²) in [4.78, 5) is 0. The average molecular weight is 233 g/mol. The summed E-state index contributed by atoms with van der Waals surface area (Å²) >= 11 is 5.06. The van der Waals surface area contributed by atoms with Gasteiger partial charge in [-0.15, -0.1) is 0 Å². The van der Waals surface area contributed by atoms with Crippen LogP contribution in [0.2, 0.25) is 0 Å². The van der Waals surface area contributed by atoms with Gasteiger partial charge in [0.2, 0.25) is 0 Å². The molecule has 0 amide bonds. The molecule has 1 aromatic rings. The molecule has 0 bridgehead atoms. The second-order valence-electron chi connectivity index (χ2n) is 3.69. The van der Waals surface area contributed by atoms with Gasteiger partial charge in [0, 0.05) is 12.1 Å². The number of fused-ring (bicyclic) bond motifs is 1. The molecule has 0 spiro atoms. The molecular weight excluding hydrogens is 218 g/mol. The highest BCUT2D eigenvalue weighted by molar-refractivity contribution is 7.80. The lowest BCUT2D eigenvalue weighted by molar-refractivity contribution is 0.897. The molecule has 0 fully saturated rings. The van der Waals surface area contributed by atoms with Crippen LogP contribution in [0.3, 0.4) is 0 Å². The summed E-state index contributed by atoms with van der Waals surface area (Å²) in [6.07, 6.45) is 2.06. The second kappa shape index (κ2) is 5.07. The van der Waals surface area contributed by atoms with Crippen LogP contribution in [0.5, 0.6) is 0 Å². The summed E-state index contributed by atoms with van der Waals surface area (Å²) in [5, 5.41) is 7.94. The van der Waals surface area contributed by atoms with Crippen molar-refractivity contribution >= 4 is 23.0 Å². The molecule has 1 aliphatic rings. The Morgan fingerprint density at radius 3 is 3.00 bits per heavy atom. The maximum atomic E-state index is 5.06. The molecule has 1 aromatic carbocycles. The lowest BCUT2D eigenvalue weighted by atomic mass is 10.1. The van der Waals surface area contributed by atoms with Gasteiger partial charge in [-0.05, 0) is 37.5 Å². The van der Waals surface area contributed by atoms with Crippen LogP contribution >= 0.6 is 12.2 Å². The number of nitrogens with one attached hydrogen (secondary N) is 2. The van der Waals surface area contributed by atoms with Crippen LogP contribution in [0.4, 0.5) is 0 Å². The Kier molecular flexibility index (Phi) is 3.51. The van der Waals surface area contributed by atoms with Crippen molar-refractivity contribution in [1.29, 1.82) is 0 Å². The van der Waals surface area contributed by atoms with E-state index in [-0.39, 0.29) is 0 Å². The highest BCUT2D eigenvalue weighted by atomic mass is 32.1. The number of thiocarbonyl (C=S) groups is 1. The Balaban J connectivity index is 2.07. The van der Waals surface area contributed by atoms with Gasteiger partial charge in [-0.3, -0.25) is 5.43 Å². The Morgan fingerprint density at radius 2 is 2.19 bits per heavy atom. The van der Waals surface area contributed by atoms with Gasteiger partial charge in [0.15, 0.2) is 5.11 Å². The third kappa shape index (κ3) is 2.39. The molecule has 0 saturated heterocycles. The molecule has 0 heterocycles. The van der Waals surface area contributed by atoms with Crippen molar-refractivity contribution in [2.75, 3.05) is 6.54 Å². The summed E-state index contributed by atoms with van der Waals surface area (Å²) in [7, 11) is 0. The molecule has 3 nitrogen and oxygen atoms in total. The van der Waals surface area contributed by atoms with E-state index in [1.807, 2.05) is 13.0 Å². The zero-order valence-corrected chi connectivity index (χ0v) is 10.1. The topological polar surface area (TPSA) is 36.4 Å². The number of benzene rings is 1. The van der Waals surface area contributed by atoms with Crippen molar-refractivity contribution in [2.24, 2.45) is 5.10 Å². The lowest BCUT2D eigenvalue weighted by Gasteiger charge is -2.05. The van der Waals surface area contributed by atoms with Crippen molar-refractivity contribution in [3.63, 3.8) is 0 Å². The van der Waals surface area contributed by atoms with Crippen LogP contribution in [0.25, 0.3) is 0 Å². The van der Waals surface area contributed by atoms with Gasteiger partial charge in [0.05, 0.1) is 5.71 Å². The molecule has 84 valence electrons. The Morgan fingerprint density at radius 1 is 1.38 bits per heavy atom. The smallest absolute Gasteiger partial charge is 0.186 e. The molecule has 0 radical (unpaired) electrons. The van der Waals surface area contributed by atoms with Crippen LogP contribution < -0.4 is 10.7 Å². The first-order chi connectivity index (χ1) is 7.81. The fraction of sp³-hybridized carbons (Fsp3) is 0.333. The number of hydrazone groups is 1. The maximum absolute atomic E-state index is 5.06. The highest BCUT2D eigenvalue weighted by Crippen LogP contribution is 2.21. The van der Waals surface area contributed by atoms with Crippen LogP contribution in [0.15, 0.2) is 29.4 Å². The second-order valence-corrected chi connectivity index (χ2v) is 4.10. The van der Waals surface area contributed by atoms with E-state index in [0.29, 0.717) is 5.11 Å². The third-order valence-electron chi connectivity index (χ3n) is 2.59. The van der Waals surface area contributed by atoms with Crippen LogP contribution in [0.1, 0.15) is 24.5 Å². The van der Waals surface area contributed by atoms with Gasteiger partial charge in [0.25, 0.3) is 0 Å². The van der Waals surface area contributed by atoms with Gasteiger partial charge in [-0.25, -0.2) is 0 Å². The molecule has 0 saturated carbocycles. The molecule has 2 N–H and O–H groups in total. The maximum Gasteiger partial charge on any atom is 0.186 e. The minimum Gasteiger partial charge on any atom is -0.362 e. The molecule has 0 aromatic heterocycles. The lowest BCUT2D eigenvalue weighted by Crippen LogP contribution is -2.32. The van der Waals surface area contributed by atoms with Crippen molar-refractivity contribution in [1.82, 2.24) is 10.7 Å². The van der Waals surface area contributed by atoms with Crippen LogP contribution in [-0.2, 0) is 6.42 Å². The molecule has 0 aliphatic heterocycles. The van der Waals surface area contributed by atoms with Gasteiger partial charge in [0.1, 0.15) is 0 Å². The number of rotatable bonds is 2. The van der Waals surface area contributed by atoms with Gasteiger partial charge >= 0.3 is 0 Å². The Hall–Kier alpha value is -1.42. The normalized spacial score (nSPS) is 15.9. The Labute approximate surface area is 101 Å². The fourth-order valence-corrected chi connectivity index (χ4v) is 2.03. The summed E-state index contributed by atoms with van der Waals surface area (Å²) < 4.78 is 0. The van der Waals surface area contributed by atoms with Crippen molar-refractivity contribution < 1.29 is 0 Å². The van der Waals surface area contributed by atoms with E-state index in [1.165, 1.54) is 11.1 Å². The summed E-state index contributed by atoms with van der Waals surface area (Å²) in [5.74, 6) is 0. The number of nitrogens with zero attached hydrogens (tertiary/aromatic N) is 1. The molecule has 16 heavy (non-hydrogen) atoms. The van der Waals surface area contributed by atoms with Crippen LogP contribution in [-0.4, -0.2) is 17.4 Å². The van der Waals surface area contributed by atoms with Crippen molar-refractivity contribution in [3.05, 3.63) is 35.4 Å².